The molecule has 0 spiro atoms. The van der Waals surface area contributed by atoms with E-state index < -0.39 is 0 Å². The second-order valence-corrected chi connectivity index (χ2v) is 4.87. The Bertz CT molecular complexity index is 320. The summed E-state index contributed by atoms with van der Waals surface area (Å²) in [5.41, 5.74) is 1.32. The molecule has 1 fully saturated rings. The molecule has 1 unspecified atom stereocenters. The van der Waals surface area contributed by atoms with Crippen LogP contribution in [-0.2, 0) is 0 Å². The molecule has 0 aromatic heterocycles. The van der Waals surface area contributed by atoms with Crippen molar-refractivity contribution in [1.29, 1.82) is 0 Å². The van der Waals surface area contributed by atoms with Crippen molar-refractivity contribution in [2.45, 2.75) is 31.7 Å². The van der Waals surface area contributed by atoms with Crippen LogP contribution in [0.25, 0.3) is 0 Å². The zero-order valence-electron chi connectivity index (χ0n) is 9.17. The van der Waals surface area contributed by atoms with E-state index in [1.165, 1.54) is 31.2 Å². The fourth-order valence-electron chi connectivity index (χ4n) is 2.21. The van der Waals surface area contributed by atoms with Gasteiger partial charge in [-0.1, -0.05) is 43.0 Å². The van der Waals surface area contributed by atoms with Crippen LogP contribution in [0.15, 0.2) is 24.3 Å². The van der Waals surface area contributed by atoms with Gasteiger partial charge in [-0.3, -0.25) is 0 Å². The first-order valence-electron chi connectivity index (χ1n) is 5.72. The number of nitrogens with one attached hydrogen (secondary N) is 1. The van der Waals surface area contributed by atoms with E-state index in [0.29, 0.717) is 6.04 Å². The van der Waals surface area contributed by atoms with Gasteiger partial charge in [0.2, 0.25) is 0 Å². The molecule has 1 aliphatic rings. The van der Waals surface area contributed by atoms with Crippen molar-refractivity contribution in [2.24, 2.45) is 5.92 Å². The molecule has 1 atom stereocenters. The number of hydrogen-bond acceptors (Lipinski definition) is 1. The van der Waals surface area contributed by atoms with Gasteiger partial charge in [-0.25, -0.2) is 0 Å². The maximum Gasteiger partial charge on any atom is 0.0409 e. The van der Waals surface area contributed by atoms with Crippen LogP contribution < -0.4 is 5.32 Å². The molecule has 1 aromatic rings. The van der Waals surface area contributed by atoms with Crippen LogP contribution >= 0.6 is 11.6 Å². The lowest BCUT2D eigenvalue weighted by molar-refractivity contribution is 0.265. The molecule has 0 bridgehead atoms. The number of hydrogen-bond donors (Lipinski definition) is 1. The molecule has 1 saturated carbocycles. The number of halogens is 1. The predicted molar refractivity (Wildman–Crippen MR) is 65.2 cm³/mol. The summed E-state index contributed by atoms with van der Waals surface area (Å²) in [5, 5.41) is 4.22. The van der Waals surface area contributed by atoms with E-state index in [1.807, 2.05) is 19.2 Å². The molecule has 0 heterocycles. The van der Waals surface area contributed by atoms with Crippen LogP contribution in [0, 0.1) is 5.92 Å². The van der Waals surface area contributed by atoms with Crippen LogP contribution in [0.3, 0.4) is 0 Å². The Morgan fingerprint density at radius 2 is 2.27 bits per heavy atom. The predicted octanol–water partition coefficient (Wildman–Crippen LogP) is 3.79. The molecule has 1 N–H and O–H groups in total. The van der Waals surface area contributed by atoms with Crippen molar-refractivity contribution in [3.8, 4) is 0 Å². The van der Waals surface area contributed by atoms with Crippen LogP contribution in [0.5, 0.6) is 0 Å². The normalized spacial score (nSPS) is 18.5. The van der Waals surface area contributed by atoms with Gasteiger partial charge in [-0.15, -0.1) is 0 Å². The smallest absolute Gasteiger partial charge is 0.0409 e. The summed E-state index contributed by atoms with van der Waals surface area (Å²) in [7, 11) is 2.03. The molecule has 1 aromatic carbocycles. The van der Waals surface area contributed by atoms with Gasteiger partial charge in [0.1, 0.15) is 0 Å². The third-order valence-corrected chi connectivity index (χ3v) is 3.63. The highest BCUT2D eigenvalue weighted by Gasteiger charge is 2.22. The third kappa shape index (κ3) is 2.73. The third-order valence-electron chi connectivity index (χ3n) is 3.39. The lowest BCUT2D eigenvalue weighted by atomic mass is 9.79. The van der Waals surface area contributed by atoms with Crippen LogP contribution in [0.2, 0.25) is 5.02 Å². The highest BCUT2D eigenvalue weighted by atomic mass is 35.5. The average molecular weight is 224 g/mol. The Balaban J connectivity index is 2.04. The summed E-state index contributed by atoms with van der Waals surface area (Å²) >= 11 is 6.00. The molecule has 0 saturated heterocycles. The van der Waals surface area contributed by atoms with E-state index >= 15 is 0 Å². The standard InChI is InChI=1S/C13H18ClN/c1-15-13(8-10-4-2-5-10)11-6-3-7-12(14)9-11/h3,6-7,9-10,13,15H,2,4-5,8H2,1H3. The fraction of sp³-hybridized carbons (Fsp3) is 0.538. The van der Waals surface area contributed by atoms with Crippen molar-refractivity contribution < 1.29 is 0 Å². The summed E-state index contributed by atoms with van der Waals surface area (Å²) < 4.78 is 0. The summed E-state index contributed by atoms with van der Waals surface area (Å²) in [6.45, 7) is 0. The van der Waals surface area contributed by atoms with Crippen LogP contribution in [-0.4, -0.2) is 7.05 Å². The molecule has 0 aliphatic heterocycles. The fourth-order valence-corrected chi connectivity index (χ4v) is 2.40. The van der Waals surface area contributed by atoms with Crippen molar-refractivity contribution in [3.05, 3.63) is 34.9 Å². The monoisotopic (exact) mass is 223 g/mol. The molecular weight excluding hydrogens is 206 g/mol. The first kappa shape index (κ1) is 11.0. The summed E-state index contributed by atoms with van der Waals surface area (Å²) in [4.78, 5) is 0. The van der Waals surface area contributed by atoms with Crippen LogP contribution in [0.4, 0.5) is 0 Å². The van der Waals surface area contributed by atoms with E-state index in [1.54, 1.807) is 0 Å². The van der Waals surface area contributed by atoms with Gasteiger partial charge in [-0.2, -0.15) is 0 Å². The van der Waals surface area contributed by atoms with Crippen molar-refractivity contribution in [1.82, 2.24) is 5.32 Å². The average Bonchev–Trinajstić information content (AvgIpc) is 2.16. The Kier molecular flexibility index (Phi) is 3.66. The minimum Gasteiger partial charge on any atom is -0.313 e. The Morgan fingerprint density at radius 3 is 2.80 bits per heavy atom. The molecule has 2 rings (SSSR count). The molecule has 0 amide bonds. The maximum absolute atomic E-state index is 6.00. The number of rotatable bonds is 4. The second-order valence-electron chi connectivity index (χ2n) is 4.43. The van der Waals surface area contributed by atoms with E-state index in [2.05, 4.69) is 17.4 Å². The first-order valence-corrected chi connectivity index (χ1v) is 6.10. The lowest BCUT2D eigenvalue weighted by Gasteiger charge is -2.29. The van der Waals surface area contributed by atoms with E-state index in [-0.39, 0.29) is 0 Å². The largest absolute Gasteiger partial charge is 0.313 e. The van der Waals surface area contributed by atoms with E-state index in [4.69, 9.17) is 11.6 Å². The Labute approximate surface area is 96.8 Å². The van der Waals surface area contributed by atoms with Gasteiger partial charge < -0.3 is 5.32 Å². The molecule has 82 valence electrons. The van der Waals surface area contributed by atoms with Crippen molar-refractivity contribution in [3.63, 3.8) is 0 Å². The van der Waals surface area contributed by atoms with Gasteiger partial charge >= 0.3 is 0 Å². The molecular formula is C13H18ClN. The Hall–Kier alpha value is -0.530. The maximum atomic E-state index is 6.00. The number of benzene rings is 1. The Morgan fingerprint density at radius 1 is 1.47 bits per heavy atom. The van der Waals surface area contributed by atoms with Crippen LogP contribution in [0.1, 0.15) is 37.3 Å². The minimum atomic E-state index is 0.467. The molecule has 2 heteroatoms. The summed E-state index contributed by atoms with van der Waals surface area (Å²) in [5.74, 6) is 0.918. The lowest BCUT2D eigenvalue weighted by Crippen LogP contribution is -2.23. The summed E-state index contributed by atoms with van der Waals surface area (Å²) in [6.07, 6.45) is 5.46. The van der Waals surface area contributed by atoms with Gasteiger partial charge in [0.15, 0.2) is 0 Å². The van der Waals surface area contributed by atoms with E-state index in [0.717, 1.165) is 10.9 Å². The van der Waals surface area contributed by atoms with Gasteiger partial charge in [0.25, 0.3) is 0 Å². The molecule has 15 heavy (non-hydrogen) atoms. The molecule has 1 nitrogen and oxygen atoms in total. The second kappa shape index (κ2) is 5.00. The van der Waals surface area contributed by atoms with Crippen molar-refractivity contribution >= 4 is 11.6 Å². The van der Waals surface area contributed by atoms with Crippen molar-refractivity contribution in [2.75, 3.05) is 7.05 Å². The minimum absolute atomic E-state index is 0.467. The summed E-state index contributed by atoms with van der Waals surface area (Å²) in [6, 6.07) is 8.66. The van der Waals surface area contributed by atoms with E-state index in [9.17, 15) is 0 Å². The van der Waals surface area contributed by atoms with Gasteiger partial charge in [-0.05, 0) is 37.1 Å². The van der Waals surface area contributed by atoms with Gasteiger partial charge in [0.05, 0.1) is 0 Å². The van der Waals surface area contributed by atoms with Gasteiger partial charge in [0, 0.05) is 11.1 Å². The topological polar surface area (TPSA) is 12.0 Å². The molecule has 0 radical (unpaired) electrons. The highest BCUT2D eigenvalue weighted by molar-refractivity contribution is 6.30. The first-order chi connectivity index (χ1) is 7.29. The zero-order chi connectivity index (χ0) is 10.7. The SMILES string of the molecule is CNC(CC1CCC1)c1cccc(Cl)c1. The quantitative estimate of drug-likeness (QED) is 0.819. The highest BCUT2D eigenvalue weighted by Crippen LogP contribution is 2.34. The zero-order valence-corrected chi connectivity index (χ0v) is 9.93. The molecule has 1 aliphatic carbocycles.